The topological polar surface area (TPSA) is 55.8 Å². The number of methoxy groups -OCH3 is 1. The highest BCUT2D eigenvalue weighted by atomic mass is 19.4. The molecule has 0 saturated heterocycles. The van der Waals surface area contributed by atoms with Gasteiger partial charge in [0.1, 0.15) is 12.4 Å². The molecule has 0 aliphatic carbocycles. The van der Waals surface area contributed by atoms with Crippen LogP contribution in [0.4, 0.5) is 13.2 Å². The molecule has 1 aromatic carbocycles. The van der Waals surface area contributed by atoms with Crippen molar-refractivity contribution in [3.8, 4) is 5.75 Å². The molecular formula is C11H11F3O4. The van der Waals surface area contributed by atoms with Crippen LogP contribution in [0.25, 0.3) is 0 Å². The molecule has 1 rings (SSSR count). The van der Waals surface area contributed by atoms with Crippen molar-refractivity contribution in [2.45, 2.75) is 12.3 Å². The number of halogens is 3. The molecule has 100 valence electrons. The Morgan fingerprint density at radius 3 is 2.61 bits per heavy atom. The number of alkyl halides is 3. The van der Waals surface area contributed by atoms with Gasteiger partial charge < -0.3 is 14.6 Å². The molecular weight excluding hydrogens is 253 g/mol. The van der Waals surface area contributed by atoms with Crippen LogP contribution < -0.4 is 4.74 Å². The molecule has 0 bridgehead atoms. The zero-order valence-electron chi connectivity index (χ0n) is 9.40. The lowest BCUT2D eigenvalue weighted by Gasteiger charge is -2.20. The lowest BCUT2D eigenvalue weighted by molar-refractivity contribution is -0.225. The standard InChI is InChI=1S/C11H11F3O4/c1-17-8-4-2-3-7(5-8)10(11(12,13)14)18-6-9(15)16/h2-5,10H,6H2,1H3,(H,15,16). The highest BCUT2D eigenvalue weighted by Crippen LogP contribution is 2.36. The van der Waals surface area contributed by atoms with E-state index < -0.39 is 24.9 Å². The highest BCUT2D eigenvalue weighted by molar-refractivity contribution is 5.68. The molecule has 18 heavy (non-hydrogen) atoms. The number of rotatable bonds is 5. The molecule has 0 aromatic heterocycles. The van der Waals surface area contributed by atoms with Crippen LogP contribution >= 0.6 is 0 Å². The molecule has 0 aliphatic rings. The molecule has 0 fully saturated rings. The fraction of sp³-hybridized carbons (Fsp3) is 0.364. The third kappa shape index (κ3) is 3.92. The maximum atomic E-state index is 12.7. The van der Waals surface area contributed by atoms with Crippen LogP contribution in [0.3, 0.4) is 0 Å². The first kappa shape index (κ1) is 14.3. The van der Waals surface area contributed by atoms with Gasteiger partial charge in [0, 0.05) is 0 Å². The lowest BCUT2D eigenvalue weighted by Crippen LogP contribution is -2.26. The van der Waals surface area contributed by atoms with E-state index in [1.165, 1.54) is 25.3 Å². The molecule has 0 heterocycles. The average Bonchev–Trinajstić information content (AvgIpc) is 2.27. The highest BCUT2D eigenvalue weighted by Gasteiger charge is 2.42. The van der Waals surface area contributed by atoms with Gasteiger partial charge in [-0.1, -0.05) is 12.1 Å². The summed E-state index contributed by atoms with van der Waals surface area (Å²) in [5.74, 6) is -1.23. The maximum Gasteiger partial charge on any atom is 0.418 e. The molecule has 1 atom stereocenters. The third-order valence-corrected chi connectivity index (χ3v) is 2.07. The molecule has 0 radical (unpaired) electrons. The molecule has 4 nitrogen and oxygen atoms in total. The number of benzene rings is 1. The molecule has 0 aliphatic heterocycles. The predicted octanol–water partition coefficient (Wildman–Crippen LogP) is 2.40. The van der Waals surface area contributed by atoms with Crippen molar-refractivity contribution in [1.29, 1.82) is 0 Å². The minimum Gasteiger partial charge on any atom is -0.497 e. The van der Waals surface area contributed by atoms with Crippen LogP contribution in [0.1, 0.15) is 11.7 Å². The summed E-state index contributed by atoms with van der Waals surface area (Å²) >= 11 is 0. The number of hydrogen-bond acceptors (Lipinski definition) is 3. The first-order valence-corrected chi connectivity index (χ1v) is 4.88. The summed E-state index contributed by atoms with van der Waals surface area (Å²) < 4.78 is 47.4. The van der Waals surface area contributed by atoms with Crippen LogP contribution in [0, 0.1) is 0 Å². The van der Waals surface area contributed by atoms with E-state index in [2.05, 4.69) is 4.74 Å². The second-order valence-corrected chi connectivity index (χ2v) is 3.40. The van der Waals surface area contributed by atoms with Crippen LogP contribution in [-0.2, 0) is 9.53 Å². The second kappa shape index (κ2) is 5.72. The number of carbonyl (C=O) groups is 1. The van der Waals surface area contributed by atoms with Gasteiger partial charge in [0.15, 0.2) is 6.10 Å². The smallest absolute Gasteiger partial charge is 0.418 e. The molecule has 1 aromatic rings. The van der Waals surface area contributed by atoms with E-state index in [9.17, 15) is 18.0 Å². The van der Waals surface area contributed by atoms with E-state index >= 15 is 0 Å². The Morgan fingerprint density at radius 2 is 2.11 bits per heavy atom. The Labute approximate surface area is 101 Å². The summed E-state index contributed by atoms with van der Waals surface area (Å²) in [7, 11) is 1.32. The van der Waals surface area contributed by atoms with E-state index in [1.54, 1.807) is 0 Å². The number of carboxylic acid groups (broad SMARTS) is 1. The summed E-state index contributed by atoms with van der Waals surface area (Å²) in [6, 6.07) is 5.20. The summed E-state index contributed by atoms with van der Waals surface area (Å²) in [6.45, 7) is -1.03. The monoisotopic (exact) mass is 264 g/mol. The average molecular weight is 264 g/mol. The Bertz CT molecular complexity index is 417. The van der Waals surface area contributed by atoms with Crippen LogP contribution in [-0.4, -0.2) is 31.0 Å². The Kier molecular flexibility index (Phi) is 4.55. The van der Waals surface area contributed by atoms with Crippen molar-refractivity contribution < 1.29 is 32.5 Å². The van der Waals surface area contributed by atoms with Crippen molar-refractivity contribution in [2.75, 3.05) is 13.7 Å². The lowest BCUT2D eigenvalue weighted by atomic mass is 10.1. The second-order valence-electron chi connectivity index (χ2n) is 3.40. The van der Waals surface area contributed by atoms with E-state index in [0.717, 1.165) is 6.07 Å². The fourth-order valence-electron chi connectivity index (χ4n) is 1.34. The zero-order valence-corrected chi connectivity index (χ0v) is 9.40. The first-order valence-electron chi connectivity index (χ1n) is 4.88. The zero-order chi connectivity index (χ0) is 13.8. The number of aliphatic carboxylic acids is 1. The van der Waals surface area contributed by atoms with Crippen molar-refractivity contribution in [3.05, 3.63) is 29.8 Å². The summed E-state index contributed by atoms with van der Waals surface area (Å²) in [5.41, 5.74) is -0.205. The molecule has 1 N–H and O–H groups in total. The van der Waals surface area contributed by atoms with E-state index in [0.29, 0.717) is 0 Å². The number of carboxylic acids is 1. The van der Waals surface area contributed by atoms with Crippen molar-refractivity contribution in [1.82, 2.24) is 0 Å². The first-order chi connectivity index (χ1) is 8.34. The Balaban J connectivity index is 2.97. The summed E-state index contributed by atoms with van der Waals surface area (Å²) in [4.78, 5) is 10.3. The number of hydrogen-bond donors (Lipinski definition) is 1. The van der Waals surface area contributed by atoms with Gasteiger partial charge >= 0.3 is 12.1 Å². The van der Waals surface area contributed by atoms with Gasteiger partial charge in [-0.05, 0) is 17.7 Å². The van der Waals surface area contributed by atoms with E-state index in [4.69, 9.17) is 9.84 Å². The number of ether oxygens (including phenoxy) is 2. The van der Waals surface area contributed by atoms with Crippen LogP contribution in [0.5, 0.6) is 5.75 Å². The van der Waals surface area contributed by atoms with Gasteiger partial charge in [0.25, 0.3) is 0 Å². The van der Waals surface area contributed by atoms with Gasteiger partial charge in [-0.25, -0.2) is 4.79 Å². The van der Waals surface area contributed by atoms with Crippen molar-refractivity contribution >= 4 is 5.97 Å². The van der Waals surface area contributed by atoms with Crippen LogP contribution in [0.2, 0.25) is 0 Å². The maximum absolute atomic E-state index is 12.7. The van der Waals surface area contributed by atoms with Crippen LogP contribution in [0.15, 0.2) is 24.3 Å². The van der Waals surface area contributed by atoms with E-state index in [1.807, 2.05) is 0 Å². The quantitative estimate of drug-likeness (QED) is 0.887. The van der Waals surface area contributed by atoms with Crippen molar-refractivity contribution in [2.24, 2.45) is 0 Å². The van der Waals surface area contributed by atoms with Gasteiger partial charge in [-0.3, -0.25) is 0 Å². The molecule has 0 amide bonds. The predicted molar refractivity (Wildman–Crippen MR) is 55.4 cm³/mol. The molecule has 0 spiro atoms. The van der Waals surface area contributed by atoms with E-state index in [-0.39, 0.29) is 11.3 Å². The molecule has 0 saturated carbocycles. The largest absolute Gasteiger partial charge is 0.497 e. The minimum absolute atomic E-state index is 0.205. The van der Waals surface area contributed by atoms with Gasteiger partial charge in [-0.2, -0.15) is 13.2 Å². The Hall–Kier alpha value is -1.76. The van der Waals surface area contributed by atoms with Gasteiger partial charge in [0.2, 0.25) is 0 Å². The summed E-state index contributed by atoms with van der Waals surface area (Å²) in [6.07, 6.45) is -6.98. The molecule has 7 heteroatoms. The fourth-order valence-corrected chi connectivity index (χ4v) is 1.34. The molecule has 1 unspecified atom stereocenters. The minimum atomic E-state index is -4.69. The SMILES string of the molecule is COc1cccc(C(OCC(=O)O)C(F)(F)F)c1. The van der Waals surface area contributed by atoms with Crippen molar-refractivity contribution in [3.63, 3.8) is 0 Å². The van der Waals surface area contributed by atoms with Gasteiger partial charge in [0.05, 0.1) is 7.11 Å². The Morgan fingerprint density at radius 1 is 1.44 bits per heavy atom. The normalized spacial score (nSPS) is 13.1. The van der Waals surface area contributed by atoms with Gasteiger partial charge in [-0.15, -0.1) is 0 Å². The third-order valence-electron chi connectivity index (χ3n) is 2.07. The summed E-state index contributed by atoms with van der Waals surface area (Å²) in [5, 5.41) is 8.36.